The Kier molecular flexibility index (Phi) is 7.66. The molecule has 0 radical (unpaired) electrons. The molecule has 29 heavy (non-hydrogen) atoms. The van der Waals surface area contributed by atoms with Gasteiger partial charge in [-0.15, -0.1) is 22.7 Å². The Labute approximate surface area is 178 Å². The molecule has 3 amide bonds. The monoisotopic (exact) mass is 429 g/mol. The van der Waals surface area contributed by atoms with Gasteiger partial charge in [0.05, 0.1) is 20.2 Å². The summed E-state index contributed by atoms with van der Waals surface area (Å²) >= 11 is 3.27. The molecule has 0 atom stereocenters. The molecular formula is C21H23N3O3S2. The van der Waals surface area contributed by atoms with E-state index in [1.165, 1.54) is 4.88 Å². The molecule has 0 aliphatic heterocycles. The Morgan fingerprint density at radius 3 is 2.31 bits per heavy atom. The van der Waals surface area contributed by atoms with E-state index in [9.17, 15) is 9.59 Å². The Morgan fingerprint density at radius 1 is 1.00 bits per heavy atom. The van der Waals surface area contributed by atoms with E-state index in [-0.39, 0.29) is 12.5 Å². The summed E-state index contributed by atoms with van der Waals surface area (Å²) in [6.07, 6.45) is 0.746. The van der Waals surface area contributed by atoms with Crippen molar-refractivity contribution in [2.24, 2.45) is 0 Å². The lowest BCUT2D eigenvalue weighted by atomic mass is 10.2. The highest BCUT2D eigenvalue weighted by Gasteiger charge is 2.15. The summed E-state index contributed by atoms with van der Waals surface area (Å²) in [5.41, 5.74) is 0.882. The Morgan fingerprint density at radius 2 is 1.69 bits per heavy atom. The average molecular weight is 430 g/mol. The number of ether oxygens (including phenoxy) is 1. The first kappa shape index (κ1) is 20.9. The van der Waals surface area contributed by atoms with Gasteiger partial charge in [0.25, 0.3) is 0 Å². The van der Waals surface area contributed by atoms with Crippen LogP contribution in [0.2, 0.25) is 0 Å². The molecule has 3 aromatic rings. The first-order valence-electron chi connectivity index (χ1n) is 9.15. The molecular weight excluding hydrogens is 406 g/mol. The van der Waals surface area contributed by atoms with Gasteiger partial charge in [0.15, 0.2) is 0 Å². The summed E-state index contributed by atoms with van der Waals surface area (Å²) in [4.78, 5) is 28.7. The zero-order chi connectivity index (χ0) is 20.5. The van der Waals surface area contributed by atoms with Crippen molar-refractivity contribution in [1.82, 2.24) is 10.6 Å². The predicted molar refractivity (Wildman–Crippen MR) is 118 cm³/mol. The van der Waals surface area contributed by atoms with Gasteiger partial charge in [-0.2, -0.15) is 0 Å². The number of carbonyl (C=O) groups is 2. The minimum atomic E-state index is -0.475. The second-order valence-corrected chi connectivity index (χ2v) is 8.33. The molecule has 2 heterocycles. The fourth-order valence-electron chi connectivity index (χ4n) is 2.76. The third kappa shape index (κ3) is 6.62. The van der Waals surface area contributed by atoms with E-state index in [0.29, 0.717) is 13.1 Å². The highest BCUT2D eigenvalue weighted by Crippen LogP contribution is 2.22. The summed E-state index contributed by atoms with van der Waals surface area (Å²) in [5, 5.41) is 9.15. The van der Waals surface area contributed by atoms with Crippen LogP contribution in [-0.2, 0) is 17.8 Å². The van der Waals surface area contributed by atoms with E-state index < -0.39 is 6.03 Å². The third-order valence-electron chi connectivity index (χ3n) is 4.19. The van der Waals surface area contributed by atoms with Crippen molar-refractivity contribution in [3.63, 3.8) is 0 Å². The van der Waals surface area contributed by atoms with Crippen molar-refractivity contribution in [3.05, 3.63) is 69.0 Å². The van der Waals surface area contributed by atoms with Crippen LogP contribution in [-0.4, -0.2) is 32.1 Å². The van der Waals surface area contributed by atoms with Crippen molar-refractivity contribution in [2.75, 3.05) is 25.1 Å². The van der Waals surface area contributed by atoms with Crippen LogP contribution in [0.1, 0.15) is 9.75 Å². The second kappa shape index (κ2) is 10.6. The van der Waals surface area contributed by atoms with Crippen LogP contribution in [0.5, 0.6) is 5.75 Å². The summed E-state index contributed by atoms with van der Waals surface area (Å²) in [6, 6.07) is 15.0. The second-order valence-electron chi connectivity index (χ2n) is 6.27. The number of hydrogen-bond acceptors (Lipinski definition) is 6. The van der Waals surface area contributed by atoms with Gasteiger partial charge in [0.1, 0.15) is 5.75 Å². The molecule has 0 aliphatic carbocycles. The van der Waals surface area contributed by atoms with Crippen LogP contribution < -0.4 is 20.3 Å². The van der Waals surface area contributed by atoms with Gasteiger partial charge < -0.3 is 15.0 Å². The molecule has 0 aliphatic rings. The maximum absolute atomic E-state index is 12.4. The molecule has 1 aromatic carbocycles. The van der Waals surface area contributed by atoms with E-state index in [1.54, 1.807) is 29.8 Å². The van der Waals surface area contributed by atoms with E-state index in [2.05, 4.69) is 10.6 Å². The number of nitrogens with zero attached hydrogens (tertiary/aromatic N) is 1. The predicted octanol–water partition coefficient (Wildman–Crippen LogP) is 3.89. The van der Waals surface area contributed by atoms with Crippen LogP contribution in [0.4, 0.5) is 10.5 Å². The number of thiophene rings is 2. The van der Waals surface area contributed by atoms with Crippen LogP contribution >= 0.6 is 22.7 Å². The van der Waals surface area contributed by atoms with Gasteiger partial charge in [-0.3, -0.25) is 10.1 Å². The summed E-state index contributed by atoms with van der Waals surface area (Å²) in [7, 11) is 1.61. The molecule has 152 valence electrons. The van der Waals surface area contributed by atoms with Crippen LogP contribution in [0.25, 0.3) is 0 Å². The molecule has 0 spiro atoms. The molecule has 0 fully saturated rings. The summed E-state index contributed by atoms with van der Waals surface area (Å²) in [5.74, 6) is 0.394. The quantitative estimate of drug-likeness (QED) is 0.541. The number of urea groups is 1. The Hall–Kier alpha value is -2.84. The molecule has 2 aromatic heterocycles. The molecule has 6 nitrogen and oxygen atoms in total. The van der Waals surface area contributed by atoms with Crippen molar-refractivity contribution in [2.45, 2.75) is 13.0 Å². The molecule has 0 saturated heterocycles. The Bertz CT molecular complexity index is 894. The maximum Gasteiger partial charge on any atom is 0.321 e. The summed E-state index contributed by atoms with van der Waals surface area (Å²) < 4.78 is 5.20. The largest absolute Gasteiger partial charge is 0.497 e. The molecule has 3 rings (SSSR count). The van der Waals surface area contributed by atoms with Gasteiger partial charge in [-0.05, 0) is 53.6 Å². The number of methoxy groups -OCH3 is 1. The minimum Gasteiger partial charge on any atom is -0.497 e. The number of amides is 3. The molecule has 2 N–H and O–H groups in total. The molecule has 8 heteroatoms. The Balaban J connectivity index is 1.55. The first-order valence-corrected chi connectivity index (χ1v) is 10.9. The zero-order valence-electron chi connectivity index (χ0n) is 16.1. The standard InChI is InChI=1S/C21H23N3O3S2/c1-27-17-8-6-16(7-9-17)24(14-19-5-3-13-29-19)15-20(25)23-21(26)22-11-10-18-4-2-12-28-18/h2-9,12-13H,10-11,14-15H2,1H3,(H2,22,23,25,26). The number of benzene rings is 1. The topological polar surface area (TPSA) is 70.7 Å². The number of carbonyl (C=O) groups excluding carboxylic acids is 2. The lowest BCUT2D eigenvalue weighted by Gasteiger charge is -2.24. The number of imide groups is 1. The van der Waals surface area contributed by atoms with Crippen molar-refractivity contribution in [3.8, 4) is 5.75 Å². The first-order chi connectivity index (χ1) is 14.1. The van der Waals surface area contributed by atoms with Crippen LogP contribution in [0, 0.1) is 0 Å². The normalized spacial score (nSPS) is 10.4. The van der Waals surface area contributed by atoms with E-state index in [4.69, 9.17) is 4.74 Å². The number of rotatable bonds is 9. The van der Waals surface area contributed by atoms with Gasteiger partial charge in [0, 0.05) is 22.0 Å². The number of hydrogen-bond donors (Lipinski definition) is 2. The van der Waals surface area contributed by atoms with Gasteiger partial charge in [0.2, 0.25) is 5.91 Å². The zero-order valence-corrected chi connectivity index (χ0v) is 17.7. The molecule has 0 bridgehead atoms. The van der Waals surface area contributed by atoms with Crippen molar-refractivity contribution < 1.29 is 14.3 Å². The van der Waals surface area contributed by atoms with Crippen molar-refractivity contribution in [1.29, 1.82) is 0 Å². The maximum atomic E-state index is 12.4. The highest BCUT2D eigenvalue weighted by molar-refractivity contribution is 7.10. The van der Waals surface area contributed by atoms with Crippen molar-refractivity contribution >= 4 is 40.3 Å². The molecule has 0 saturated carbocycles. The van der Waals surface area contributed by atoms with Gasteiger partial charge >= 0.3 is 6.03 Å². The lowest BCUT2D eigenvalue weighted by molar-refractivity contribution is -0.118. The highest BCUT2D eigenvalue weighted by atomic mass is 32.1. The van der Waals surface area contributed by atoms with Gasteiger partial charge in [-0.25, -0.2) is 4.79 Å². The average Bonchev–Trinajstić information content (AvgIpc) is 3.42. The van der Waals surface area contributed by atoms with Crippen LogP contribution in [0.15, 0.2) is 59.3 Å². The fourth-order valence-corrected chi connectivity index (χ4v) is 4.19. The smallest absolute Gasteiger partial charge is 0.321 e. The summed E-state index contributed by atoms with van der Waals surface area (Å²) in [6.45, 7) is 1.14. The van der Waals surface area contributed by atoms with E-state index >= 15 is 0 Å². The van der Waals surface area contributed by atoms with E-state index in [1.807, 2.05) is 64.2 Å². The molecule has 0 unspecified atom stereocenters. The number of nitrogens with one attached hydrogen (secondary N) is 2. The lowest BCUT2D eigenvalue weighted by Crippen LogP contribution is -2.44. The van der Waals surface area contributed by atoms with Crippen LogP contribution in [0.3, 0.4) is 0 Å². The minimum absolute atomic E-state index is 0.0720. The fraction of sp³-hybridized carbons (Fsp3) is 0.238. The SMILES string of the molecule is COc1ccc(N(CC(=O)NC(=O)NCCc2cccs2)Cc2cccs2)cc1. The third-order valence-corrected chi connectivity index (χ3v) is 5.99. The number of anilines is 1. The van der Waals surface area contributed by atoms with E-state index in [0.717, 1.165) is 22.7 Å². The van der Waals surface area contributed by atoms with Gasteiger partial charge in [-0.1, -0.05) is 12.1 Å².